The van der Waals surface area contributed by atoms with Gasteiger partial charge in [0, 0.05) is 10.5 Å². The molecule has 3 atom stereocenters. The number of methoxy groups -OCH3 is 1. The van der Waals surface area contributed by atoms with Crippen molar-refractivity contribution in [3.63, 3.8) is 0 Å². The van der Waals surface area contributed by atoms with Crippen LogP contribution in [0.15, 0.2) is 27.6 Å². The Labute approximate surface area is 129 Å². The van der Waals surface area contributed by atoms with Gasteiger partial charge in [-0.25, -0.2) is 13.1 Å². The van der Waals surface area contributed by atoms with E-state index in [2.05, 4.69) is 34.5 Å². The van der Waals surface area contributed by atoms with E-state index in [4.69, 9.17) is 4.74 Å². The second kappa shape index (κ2) is 6.03. The average Bonchev–Trinajstić information content (AvgIpc) is 2.70. The standard InChI is InChI=1S/C14H20BrNO3S/c1-9-4-6-12(10(9)2)16-20(17,18)14-8-11(15)5-7-13(14)19-3/h5,7-10,12,16H,4,6H2,1-3H3. The van der Waals surface area contributed by atoms with Gasteiger partial charge in [-0.15, -0.1) is 0 Å². The number of rotatable bonds is 4. The van der Waals surface area contributed by atoms with Crippen LogP contribution in [0.1, 0.15) is 26.7 Å². The van der Waals surface area contributed by atoms with Gasteiger partial charge in [-0.2, -0.15) is 0 Å². The minimum atomic E-state index is -3.57. The first-order valence-corrected chi connectivity index (χ1v) is 8.98. The third kappa shape index (κ3) is 3.18. The highest BCUT2D eigenvalue weighted by Gasteiger charge is 2.33. The van der Waals surface area contributed by atoms with E-state index in [9.17, 15) is 8.42 Å². The second-order valence-electron chi connectivity index (χ2n) is 5.44. The van der Waals surface area contributed by atoms with Gasteiger partial charge in [-0.05, 0) is 42.9 Å². The highest BCUT2D eigenvalue weighted by Crippen LogP contribution is 2.33. The zero-order valence-electron chi connectivity index (χ0n) is 11.9. The zero-order valence-corrected chi connectivity index (χ0v) is 14.3. The summed E-state index contributed by atoms with van der Waals surface area (Å²) in [5, 5.41) is 0. The Morgan fingerprint density at radius 1 is 1.30 bits per heavy atom. The van der Waals surface area contributed by atoms with Crippen molar-refractivity contribution in [2.45, 2.75) is 37.6 Å². The van der Waals surface area contributed by atoms with E-state index in [-0.39, 0.29) is 10.9 Å². The van der Waals surface area contributed by atoms with Gasteiger partial charge >= 0.3 is 0 Å². The van der Waals surface area contributed by atoms with Crippen LogP contribution in [0.4, 0.5) is 0 Å². The Balaban J connectivity index is 2.29. The third-order valence-electron chi connectivity index (χ3n) is 4.19. The summed E-state index contributed by atoms with van der Waals surface area (Å²) >= 11 is 3.30. The second-order valence-corrected chi connectivity index (χ2v) is 8.03. The molecule has 1 N–H and O–H groups in total. The van der Waals surface area contributed by atoms with E-state index in [1.54, 1.807) is 18.2 Å². The third-order valence-corrected chi connectivity index (χ3v) is 6.19. The fourth-order valence-corrected chi connectivity index (χ4v) is 4.72. The lowest BCUT2D eigenvalue weighted by Crippen LogP contribution is -2.37. The Kier molecular flexibility index (Phi) is 4.76. The van der Waals surface area contributed by atoms with Crippen molar-refractivity contribution in [2.24, 2.45) is 11.8 Å². The van der Waals surface area contributed by atoms with Crippen LogP contribution >= 0.6 is 15.9 Å². The van der Waals surface area contributed by atoms with Crippen LogP contribution in [-0.4, -0.2) is 21.6 Å². The minimum absolute atomic E-state index is 0.00122. The summed E-state index contributed by atoms with van der Waals surface area (Å²) in [5.74, 6) is 1.26. The number of nitrogens with one attached hydrogen (secondary N) is 1. The number of benzene rings is 1. The Hall–Kier alpha value is -0.590. The van der Waals surface area contributed by atoms with E-state index in [1.807, 2.05) is 0 Å². The molecule has 20 heavy (non-hydrogen) atoms. The molecule has 1 aromatic carbocycles. The van der Waals surface area contributed by atoms with Crippen LogP contribution in [-0.2, 0) is 10.0 Å². The van der Waals surface area contributed by atoms with Crippen molar-refractivity contribution >= 4 is 26.0 Å². The van der Waals surface area contributed by atoms with Crippen LogP contribution in [0.25, 0.3) is 0 Å². The Morgan fingerprint density at radius 3 is 2.55 bits per heavy atom. The molecule has 112 valence electrons. The highest BCUT2D eigenvalue weighted by molar-refractivity contribution is 9.10. The molecule has 1 aromatic rings. The SMILES string of the molecule is COc1ccc(Br)cc1S(=O)(=O)NC1CCC(C)C1C. The predicted molar refractivity (Wildman–Crippen MR) is 82.4 cm³/mol. The summed E-state index contributed by atoms with van der Waals surface area (Å²) in [4.78, 5) is 0.182. The molecule has 0 aromatic heterocycles. The van der Waals surface area contributed by atoms with E-state index in [0.29, 0.717) is 22.1 Å². The molecule has 1 fully saturated rings. The number of hydrogen-bond acceptors (Lipinski definition) is 3. The molecule has 1 aliphatic carbocycles. The molecule has 2 rings (SSSR count). The van der Waals surface area contributed by atoms with Gasteiger partial charge in [0.2, 0.25) is 10.0 Å². The predicted octanol–water partition coefficient (Wildman–Crippen LogP) is 3.17. The van der Waals surface area contributed by atoms with E-state index in [1.165, 1.54) is 7.11 Å². The first-order valence-electron chi connectivity index (χ1n) is 6.71. The maximum absolute atomic E-state index is 12.6. The molecular weight excluding hydrogens is 342 g/mol. The average molecular weight is 362 g/mol. The van der Waals surface area contributed by atoms with Crippen molar-refractivity contribution in [1.29, 1.82) is 0 Å². The summed E-state index contributed by atoms with van der Waals surface area (Å²) in [6.45, 7) is 4.27. The van der Waals surface area contributed by atoms with Crippen molar-refractivity contribution in [3.8, 4) is 5.75 Å². The maximum Gasteiger partial charge on any atom is 0.244 e. The highest BCUT2D eigenvalue weighted by atomic mass is 79.9. The molecule has 0 bridgehead atoms. The van der Waals surface area contributed by atoms with Crippen LogP contribution in [0.3, 0.4) is 0 Å². The molecule has 3 unspecified atom stereocenters. The molecule has 0 heterocycles. The van der Waals surface area contributed by atoms with Crippen LogP contribution in [0, 0.1) is 11.8 Å². The quantitative estimate of drug-likeness (QED) is 0.895. The summed E-state index contributed by atoms with van der Waals surface area (Å²) in [5.41, 5.74) is 0. The summed E-state index contributed by atoms with van der Waals surface area (Å²) in [7, 11) is -2.10. The first kappa shape index (κ1) is 15.8. The number of halogens is 1. The van der Waals surface area contributed by atoms with Crippen LogP contribution in [0.5, 0.6) is 5.75 Å². The van der Waals surface area contributed by atoms with E-state index in [0.717, 1.165) is 12.8 Å². The summed E-state index contributed by atoms with van der Waals surface area (Å²) < 4.78 is 33.8. The molecule has 6 heteroatoms. The van der Waals surface area contributed by atoms with E-state index < -0.39 is 10.0 Å². The smallest absolute Gasteiger partial charge is 0.244 e. The molecule has 1 aliphatic rings. The lowest BCUT2D eigenvalue weighted by molar-refractivity contribution is 0.394. The van der Waals surface area contributed by atoms with Gasteiger partial charge in [0.1, 0.15) is 10.6 Å². The van der Waals surface area contributed by atoms with Crippen LogP contribution in [0.2, 0.25) is 0 Å². The summed E-state index contributed by atoms with van der Waals surface area (Å²) in [6.07, 6.45) is 1.95. The topological polar surface area (TPSA) is 55.4 Å². The van der Waals surface area contributed by atoms with Crippen molar-refractivity contribution < 1.29 is 13.2 Å². The normalized spacial score (nSPS) is 26.7. The molecule has 0 amide bonds. The van der Waals surface area contributed by atoms with Gasteiger partial charge in [0.25, 0.3) is 0 Å². The van der Waals surface area contributed by atoms with Crippen molar-refractivity contribution in [1.82, 2.24) is 4.72 Å². The lowest BCUT2D eigenvalue weighted by atomic mass is 9.98. The minimum Gasteiger partial charge on any atom is -0.495 e. The molecule has 1 saturated carbocycles. The van der Waals surface area contributed by atoms with Crippen molar-refractivity contribution in [3.05, 3.63) is 22.7 Å². The number of sulfonamides is 1. The largest absolute Gasteiger partial charge is 0.495 e. The Morgan fingerprint density at radius 2 is 2.00 bits per heavy atom. The lowest BCUT2D eigenvalue weighted by Gasteiger charge is -2.20. The molecule has 0 saturated heterocycles. The van der Waals surface area contributed by atoms with Gasteiger partial charge < -0.3 is 4.74 Å². The summed E-state index contributed by atoms with van der Waals surface area (Å²) in [6, 6.07) is 4.99. The van der Waals surface area contributed by atoms with Gasteiger partial charge in [0.15, 0.2) is 0 Å². The van der Waals surface area contributed by atoms with Crippen LogP contribution < -0.4 is 9.46 Å². The zero-order chi connectivity index (χ0) is 14.9. The number of ether oxygens (including phenoxy) is 1. The van der Waals surface area contributed by atoms with Gasteiger partial charge in [-0.3, -0.25) is 0 Å². The maximum atomic E-state index is 12.6. The molecule has 0 radical (unpaired) electrons. The van der Waals surface area contributed by atoms with Gasteiger partial charge in [-0.1, -0.05) is 29.8 Å². The number of hydrogen-bond donors (Lipinski definition) is 1. The monoisotopic (exact) mass is 361 g/mol. The fourth-order valence-electron chi connectivity index (χ4n) is 2.65. The first-order chi connectivity index (χ1) is 9.35. The molecule has 4 nitrogen and oxygen atoms in total. The Bertz CT molecular complexity index is 588. The molecule has 0 spiro atoms. The molecule has 0 aliphatic heterocycles. The van der Waals surface area contributed by atoms with Crippen molar-refractivity contribution in [2.75, 3.05) is 7.11 Å². The van der Waals surface area contributed by atoms with Gasteiger partial charge in [0.05, 0.1) is 7.11 Å². The molecular formula is C14H20BrNO3S. The van der Waals surface area contributed by atoms with E-state index >= 15 is 0 Å². The fraction of sp³-hybridized carbons (Fsp3) is 0.571.